The Morgan fingerprint density at radius 3 is 2.56 bits per heavy atom. The number of H-pyrrole nitrogens is 1. The van der Waals surface area contributed by atoms with Crippen molar-refractivity contribution in [2.24, 2.45) is 5.41 Å². The molecule has 2 heterocycles. The van der Waals surface area contributed by atoms with E-state index in [1.54, 1.807) is 13.8 Å². The number of likely N-dealkylation sites (tertiary alicyclic amines) is 1. The molecular formula is C22H35N3O5S2. The van der Waals surface area contributed by atoms with Gasteiger partial charge >= 0.3 is 5.97 Å². The van der Waals surface area contributed by atoms with Gasteiger partial charge in [0.1, 0.15) is 10.7 Å². The van der Waals surface area contributed by atoms with Crippen LogP contribution in [0.5, 0.6) is 0 Å². The quantitative estimate of drug-likeness (QED) is 0.226. The number of carbonyl (C=O) groups excluding carboxylic acids is 4. The lowest BCUT2D eigenvalue weighted by atomic mass is 9.84. The van der Waals surface area contributed by atoms with Crippen LogP contribution in [-0.4, -0.2) is 64.9 Å². The van der Waals surface area contributed by atoms with E-state index in [1.165, 1.54) is 4.90 Å². The number of hydrogen-bond donors (Lipinski definition) is 3. The number of piperidine rings is 1. The third-order valence-electron chi connectivity index (χ3n) is 5.19. The van der Waals surface area contributed by atoms with Gasteiger partial charge in [-0.05, 0) is 37.8 Å². The number of nitrogens with zero attached hydrogens (tertiary/aromatic N) is 1. The van der Waals surface area contributed by atoms with Crippen molar-refractivity contribution in [1.29, 1.82) is 0 Å². The maximum absolute atomic E-state index is 12.6. The maximum atomic E-state index is 12.6. The number of rotatable bonds is 8. The van der Waals surface area contributed by atoms with Crippen molar-refractivity contribution >= 4 is 48.4 Å². The zero-order chi connectivity index (χ0) is 24.1. The smallest absolute Gasteiger partial charge is 0.329 e. The van der Waals surface area contributed by atoms with Gasteiger partial charge in [0.05, 0.1) is 0 Å². The van der Waals surface area contributed by atoms with Crippen molar-refractivity contribution in [1.82, 2.24) is 15.2 Å². The zero-order valence-electron chi connectivity index (χ0n) is 18.9. The van der Waals surface area contributed by atoms with Crippen molar-refractivity contribution < 1.29 is 25.3 Å². The van der Waals surface area contributed by atoms with Gasteiger partial charge < -0.3 is 19.9 Å². The van der Waals surface area contributed by atoms with Crippen LogP contribution in [0.15, 0.2) is 24.4 Å². The molecule has 2 rings (SSSR count). The molecule has 1 aromatic rings. The van der Waals surface area contributed by atoms with Crippen LogP contribution >= 0.6 is 24.8 Å². The normalized spacial score (nSPS) is 15.8. The van der Waals surface area contributed by atoms with Crippen LogP contribution in [-0.2, 0) is 23.9 Å². The number of Topliss-reactive ketones (excluding diaryl/α,β-unsaturated/α-hetero) is 1. The summed E-state index contributed by atoms with van der Waals surface area (Å²) in [7, 11) is 0. The van der Waals surface area contributed by atoms with Crippen LogP contribution in [0.4, 0.5) is 0 Å². The Balaban J connectivity index is 0.00000109. The van der Waals surface area contributed by atoms with Crippen LogP contribution in [0, 0.1) is 10.1 Å². The lowest BCUT2D eigenvalue weighted by Gasteiger charge is -2.35. The minimum absolute atomic E-state index is 0. The highest BCUT2D eigenvalue weighted by Gasteiger charge is 2.40. The van der Waals surface area contributed by atoms with E-state index in [0.29, 0.717) is 31.7 Å². The van der Waals surface area contributed by atoms with E-state index in [9.17, 15) is 19.2 Å². The van der Waals surface area contributed by atoms with E-state index in [1.807, 2.05) is 31.3 Å². The molecule has 1 aliphatic heterocycles. The molecule has 0 bridgehead atoms. The topological polar surface area (TPSA) is 109 Å². The van der Waals surface area contributed by atoms with E-state index in [4.69, 9.17) is 17.0 Å². The number of aromatic amines is 1. The Kier molecular flexibility index (Phi) is 12.2. The molecular weight excluding hydrogens is 450 g/mol. The SMILES string of the molecule is CCC(C)(C)C(=O)C(=O)N1CCCC[C@H]1C(=O)OCC(=O)NCCS.S=c1cccc[nH]1.[HH]. The molecule has 1 atom stereocenters. The Hall–Kier alpha value is -2.20. The summed E-state index contributed by atoms with van der Waals surface area (Å²) in [6.07, 6.45) is 4.27. The summed E-state index contributed by atoms with van der Waals surface area (Å²) in [6.45, 7) is 5.60. The number of thiol groups is 1. The number of hydrogen-bond acceptors (Lipinski definition) is 7. The van der Waals surface area contributed by atoms with Crippen molar-refractivity contribution in [3.05, 3.63) is 29.0 Å². The van der Waals surface area contributed by atoms with Crippen LogP contribution < -0.4 is 5.32 Å². The number of ether oxygens (including phenoxy) is 1. The molecule has 32 heavy (non-hydrogen) atoms. The molecule has 180 valence electrons. The molecule has 0 unspecified atom stereocenters. The number of aromatic nitrogens is 1. The Morgan fingerprint density at radius 2 is 2.03 bits per heavy atom. The third-order valence-corrected chi connectivity index (χ3v) is 5.67. The Morgan fingerprint density at radius 1 is 1.31 bits per heavy atom. The molecule has 1 aliphatic rings. The fraction of sp³-hybridized carbons (Fsp3) is 0.591. The minimum Gasteiger partial charge on any atom is -0.454 e. The minimum atomic E-state index is -0.810. The molecule has 1 fully saturated rings. The van der Waals surface area contributed by atoms with E-state index in [0.717, 1.165) is 17.5 Å². The van der Waals surface area contributed by atoms with Crippen molar-refractivity contribution in [3.8, 4) is 0 Å². The summed E-state index contributed by atoms with van der Waals surface area (Å²) in [5, 5.41) is 2.54. The highest BCUT2D eigenvalue weighted by molar-refractivity contribution is 7.80. The summed E-state index contributed by atoms with van der Waals surface area (Å²) in [5.74, 6) is -1.72. The second-order valence-corrected chi connectivity index (χ2v) is 8.87. The van der Waals surface area contributed by atoms with E-state index in [2.05, 4.69) is 22.9 Å². The fourth-order valence-electron chi connectivity index (χ4n) is 2.86. The van der Waals surface area contributed by atoms with Gasteiger partial charge in [0.15, 0.2) is 6.61 Å². The van der Waals surface area contributed by atoms with Gasteiger partial charge in [-0.2, -0.15) is 12.6 Å². The second kappa shape index (κ2) is 14.1. The summed E-state index contributed by atoms with van der Waals surface area (Å²) in [5.41, 5.74) is -0.768. The van der Waals surface area contributed by atoms with Gasteiger partial charge in [-0.15, -0.1) is 0 Å². The summed E-state index contributed by atoms with van der Waals surface area (Å²) in [4.78, 5) is 53.0. The standard InChI is InChI=1S/C17H28N2O5S.C5H5NS.H2/c1-4-17(2,3)14(21)15(22)19-9-6-5-7-12(19)16(23)24-11-13(20)18-8-10-25;7-5-3-1-2-4-6-5;/h12,25H,4-11H2,1-3H3,(H,18,20);1-4H,(H,6,7);1H/t12-;;/m0../s1. The maximum Gasteiger partial charge on any atom is 0.329 e. The van der Waals surface area contributed by atoms with Crippen LogP contribution in [0.25, 0.3) is 0 Å². The van der Waals surface area contributed by atoms with Gasteiger partial charge in [0.2, 0.25) is 5.78 Å². The second-order valence-electron chi connectivity index (χ2n) is 7.98. The first-order valence-electron chi connectivity index (χ1n) is 10.7. The summed E-state index contributed by atoms with van der Waals surface area (Å²) >= 11 is 8.73. The lowest BCUT2D eigenvalue weighted by Crippen LogP contribution is -2.53. The number of carbonyl (C=O) groups is 4. The molecule has 10 heteroatoms. The molecule has 2 N–H and O–H groups in total. The molecule has 0 saturated carbocycles. The zero-order valence-corrected chi connectivity index (χ0v) is 20.6. The summed E-state index contributed by atoms with van der Waals surface area (Å²) in [6, 6.07) is 4.83. The average molecular weight is 486 g/mol. The molecule has 2 amide bonds. The van der Waals surface area contributed by atoms with Gasteiger partial charge in [0.25, 0.3) is 11.8 Å². The van der Waals surface area contributed by atoms with Crippen molar-refractivity contribution in [3.63, 3.8) is 0 Å². The molecule has 0 aromatic carbocycles. The number of esters is 1. The Bertz CT molecular complexity index is 830. The van der Waals surface area contributed by atoms with Crippen molar-refractivity contribution in [2.45, 2.75) is 52.5 Å². The number of pyridine rings is 1. The Labute approximate surface area is 201 Å². The molecule has 1 saturated heterocycles. The first-order valence-corrected chi connectivity index (χ1v) is 11.7. The molecule has 0 spiro atoms. The molecule has 0 aliphatic carbocycles. The first kappa shape index (κ1) is 27.8. The molecule has 1 aromatic heterocycles. The van der Waals surface area contributed by atoms with E-state index >= 15 is 0 Å². The van der Waals surface area contributed by atoms with Gasteiger partial charge in [-0.1, -0.05) is 39.1 Å². The monoisotopic (exact) mass is 485 g/mol. The van der Waals surface area contributed by atoms with E-state index in [-0.39, 0.29) is 1.43 Å². The van der Waals surface area contributed by atoms with Crippen LogP contribution in [0.3, 0.4) is 0 Å². The predicted molar refractivity (Wildman–Crippen MR) is 130 cm³/mol. The highest BCUT2D eigenvalue weighted by atomic mass is 32.1. The van der Waals surface area contributed by atoms with E-state index < -0.39 is 41.6 Å². The van der Waals surface area contributed by atoms with Crippen LogP contribution in [0.1, 0.15) is 47.9 Å². The highest BCUT2D eigenvalue weighted by Crippen LogP contribution is 2.25. The van der Waals surface area contributed by atoms with Gasteiger partial charge in [0, 0.05) is 31.9 Å². The molecule has 8 nitrogen and oxygen atoms in total. The van der Waals surface area contributed by atoms with Crippen molar-refractivity contribution in [2.75, 3.05) is 25.4 Å². The van der Waals surface area contributed by atoms with Crippen LogP contribution in [0.2, 0.25) is 0 Å². The fourth-order valence-corrected chi connectivity index (χ4v) is 3.11. The predicted octanol–water partition coefficient (Wildman–Crippen LogP) is 2.95. The first-order chi connectivity index (χ1) is 15.1. The number of ketones is 1. The third kappa shape index (κ3) is 9.12. The lowest BCUT2D eigenvalue weighted by molar-refractivity contribution is -0.162. The number of amides is 2. The van der Waals surface area contributed by atoms with Gasteiger partial charge in [-0.3, -0.25) is 14.4 Å². The van der Waals surface area contributed by atoms with Gasteiger partial charge in [-0.25, -0.2) is 4.79 Å². The number of nitrogens with one attached hydrogen (secondary N) is 2. The largest absolute Gasteiger partial charge is 0.454 e. The summed E-state index contributed by atoms with van der Waals surface area (Å²) < 4.78 is 5.81. The molecule has 0 radical (unpaired) electrons. The average Bonchev–Trinajstić information content (AvgIpc) is 2.81.